The predicted octanol–water partition coefficient (Wildman–Crippen LogP) is 3.35. The van der Waals surface area contributed by atoms with Crippen LogP contribution in [0.5, 0.6) is 0 Å². The van der Waals surface area contributed by atoms with Crippen LogP contribution in [0.2, 0.25) is 0 Å². The van der Waals surface area contributed by atoms with Gasteiger partial charge in [-0.1, -0.05) is 0 Å². The maximum Gasteiger partial charge on any atom is 0.416 e. The minimum atomic E-state index is -4.25. The van der Waals surface area contributed by atoms with Crippen molar-refractivity contribution in [2.75, 3.05) is 0 Å². The molecule has 0 spiro atoms. The predicted molar refractivity (Wildman–Crippen MR) is 47.9 cm³/mol. The Morgan fingerprint density at radius 3 is 2.71 bits per heavy atom. The van der Waals surface area contributed by atoms with Gasteiger partial charge in [-0.25, -0.2) is 0 Å². The van der Waals surface area contributed by atoms with E-state index < -0.39 is 11.7 Å². The van der Waals surface area contributed by atoms with Crippen molar-refractivity contribution in [1.29, 1.82) is 0 Å². The Kier molecular flexibility index (Phi) is 2.06. The summed E-state index contributed by atoms with van der Waals surface area (Å²) in [6, 6.07) is 3.68. The zero-order chi connectivity index (χ0) is 10.2. The number of rotatable bonds is 0. The van der Waals surface area contributed by atoms with Crippen molar-refractivity contribution < 1.29 is 13.2 Å². The highest BCUT2D eigenvalue weighted by molar-refractivity contribution is 5.69. The van der Waals surface area contributed by atoms with E-state index in [0.29, 0.717) is 24.1 Å². The Bertz CT molecular complexity index is 379. The van der Waals surface area contributed by atoms with Crippen LogP contribution in [0.25, 0.3) is 0 Å². The van der Waals surface area contributed by atoms with E-state index in [0.717, 1.165) is 6.07 Å². The number of aryl methyl sites for hydroxylation is 1. The Morgan fingerprint density at radius 2 is 2.00 bits per heavy atom. The number of hydrogen-bond donors (Lipinski definition) is 0. The smallest absolute Gasteiger partial charge is 0.261 e. The molecular weight excluding hydrogens is 191 g/mol. The molecule has 0 aromatic heterocycles. The Hall–Kier alpha value is -1.32. The van der Waals surface area contributed by atoms with Crippen LogP contribution >= 0.6 is 0 Å². The summed E-state index contributed by atoms with van der Waals surface area (Å²) in [5.41, 5.74) is 0.750. The summed E-state index contributed by atoms with van der Waals surface area (Å²) in [5, 5.41) is 0. The van der Waals surface area contributed by atoms with Crippen molar-refractivity contribution in [3.63, 3.8) is 0 Å². The highest BCUT2D eigenvalue weighted by atomic mass is 19.4. The van der Waals surface area contributed by atoms with E-state index in [-0.39, 0.29) is 0 Å². The van der Waals surface area contributed by atoms with E-state index in [1.54, 1.807) is 6.21 Å². The van der Waals surface area contributed by atoms with Crippen molar-refractivity contribution in [3.8, 4) is 0 Å². The van der Waals surface area contributed by atoms with Gasteiger partial charge in [0.2, 0.25) is 0 Å². The van der Waals surface area contributed by atoms with E-state index in [1.165, 1.54) is 12.1 Å². The van der Waals surface area contributed by atoms with Gasteiger partial charge in [0.05, 0.1) is 11.3 Å². The normalized spacial score (nSPS) is 15.4. The van der Waals surface area contributed by atoms with Crippen LogP contribution in [0.15, 0.2) is 23.2 Å². The lowest BCUT2D eigenvalue weighted by atomic mass is 10.0. The number of fused-ring (bicyclic) bond motifs is 1. The van der Waals surface area contributed by atoms with E-state index >= 15 is 0 Å². The van der Waals surface area contributed by atoms with Crippen molar-refractivity contribution in [2.24, 2.45) is 4.99 Å². The molecule has 14 heavy (non-hydrogen) atoms. The molecule has 0 radical (unpaired) electrons. The molecule has 1 aromatic rings. The molecule has 0 saturated heterocycles. The number of halogens is 3. The Labute approximate surface area is 79.3 Å². The molecule has 1 aliphatic rings. The number of hydrogen-bond acceptors (Lipinski definition) is 1. The summed E-state index contributed by atoms with van der Waals surface area (Å²) >= 11 is 0. The van der Waals surface area contributed by atoms with E-state index in [9.17, 15) is 13.2 Å². The van der Waals surface area contributed by atoms with Crippen LogP contribution in [0.1, 0.15) is 17.5 Å². The fourth-order valence-electron chi connectivity index (χ4n) is 1.47. The van der Waals surface area contributed by atoms with Gasteiger partial charge in [0.25, 0.3) is 0 Å². The topological polar surface area (TPSA) is 12.4 Å². The zero-order valence-corrected chi connectivity index (χ0v) is 7.30. The standard InChI is InChI=1S/C10H8F3N/c11-10(12,13)8-3-4-9-7(6-8)2-1-5-14-9/h3-6H,1-2H2. The maximum atomic E-state index is 12.3. The number of aliphatic imine (C=N–C) groups is 1. The average Bonchev–Trinajstić information content (AvgIpc) is 2.16. The van der Waals surface area contributed by atoms with Gasteiger partial charge >= 0.3 is 6.18 Å². The monoisotopic (exact) mass is 199 g/mol. The molecule has 0 atom stereocenters. The summed E-state index contributed by atoms with van der Waals surface area (Å²) in [6.45, 7) is 0. The van der Waals surface area contributed by atoms with Crippen molar-refractivity contribution in [3.05, 3.63) is 29.3 Å². The van der Waals surface area contributed by atoms with Crippen molar-refractivity contribution >= 4 is 11.9 Å². The van der Waals surface area contributed by atoms with Crippen molar-refractivity contribution in [1.82, 2.24) is 0 Å². The Morgan fingerprint density at radius 1 is 1.21 bits per heavy atom. The summed E-state index contributed by atoms with van der Waals surface area (Å²) in [4.78, 5) is 4.02. The van der Waals surface area contributed by atoms with Gasteiger partial charge in [-0.2, -0.15) is 13.2 Å². The second-order valence-corrected chi connectivity index (χ2v) is 3.19. The summed E-state index contributed by atoms with van der Waals surface area (Å²) in [5.74, 6) is 0. The summed E-state index contributed by atoms with van der Waals surface area (Å²) in [6.07, 6.45) is -1.16. The molecular formula is C10H8F3N. The lowest BCUT2D eigenvalue weighted by Gasteiger charge is -2.12. The highest BCUT2D eigenvalue weighted by Crippen LogP contribution is 2.33. The lowest BCUT2D eigenvalue weighted by molar-refractivity contribution is -0.137. The second-order valence-electron chi connectivity index (χ2n) is 3.19. The van der Waals surface area contributed by atoms with E-state index in [4.69, 9.17) is 0 Å². The third kappa shape index (κ3) is 1.64. The maximum absolute atomic E-state index is 12.3. The van der Waals surface area contributed by atoms with Gasteiger partial charge in [-0.05, 0) is 36.6 Å². The van der Waals surface area contributed by atoms with Gasteiger partial charge in [0.15, 0.2) is 0 Å². The molecule has 1 nitrogen and oxygen atoms in total. The average molecular weight is 199 g/mol. The van der Waals surface area contributed by atoms with Crippen LogP contribution in [0, 0.1) is 0 Å². The number of benzene rings is 1. The molecule has 74 valence electrons. The van der Waals surface area contributed by atoms with Crippen LogP contribution in [-0.4, -0.2) is 6.21 Å². The molecule has 0 bridgehead atoms. The summed E-state index contributed by atoms with van der Waals surface area (Å²) in [7, 11) is 0. The molecule has 0 fully saturated rings. The van der Waals surface area contributed by atoms with Crippen LogP contribution in [0.4, 0.5) is 18.9 Å². The van der Waals surface area contributed by atoms with Crippen molar-refractivity contribution in [2.45, 2.75) is 19.0 Å². The summed E-state index contributed by atoms with van der Waals surface area (Å²) < 4.78 is 37.0. The molecule has 1 heterocycles. The molecule has 1 aromatic carbocycles. The van der Waals surface area contributed by atoms with Gasteiger partial charge in [0.1, 0.15) is 0 Å². The second kappa shape index (κ2) is 3.12. The first kappa shape index (κ1) is 9.24. The third-order valence-corrected chi connectivity index (χ3v) is 2.18. The molecule has 1 aliphatic heterocycles. The van der Waals surface area contributed by atoms with Crippen LogP contribution < -0.4 is 0 Å². The van der Waals surface area contributed by atoms with Crippen LogP contribution in [0.3, 0.4) is 0 Å². The minimum Gasteiger partial charge on any atom is -0.261 e. The lowest BCUT2D eigenvalue weighted by Crippen LogP contribution is -2.06. The first-order valence-corrected chi connectivity index (χ1v) is 4.30. The molecule has 0 amide bonds. The fraction of sp³-hybridized carbons (Fsp3) is 0.300. The largest absolute Gasteiger partial charge is 0.416 e. The molecule has 2 rings (SSSR count). The Balaban J connectivity index is 2.45. The van der Waals surface area contributed by atoms with Gasteiger partial charge in [0, 0.05) is 6.21 Å². The first-order valence-electron chi connectivity index (χ1n) is 4.30. The molecule has 0 aliphatic carbocycles. The number of nitrogens with zero attached hydrogens (tertiary/aromatic N) is 1. The third-order valence-electron chi connectivity index (χ3n) is 2.18. The van der Waals surface area contributed by atoms with Gasteiger partial charge in [-0.3, -0.25) is 4.99 Å². The van der Waals surface area contributed by atoms with Gasteiger partial charge < -0.3 is 0 Å². The fourth-order valence-corrected chi connectivity index (χ4v) is 1.47. The van der Waals surface area contributed by atoms with E-state index in [2.05, 4.69) is 4.99 Å². The molecule has 0 saturated carbocycles. The first-order chi connectivity index (χ1) is 6.57. The van der Waals surface area contributed by atoms with Crippen LogP contribution in [-0.2, 0) is 12.6 Å². The molecule has 0 unspecified atom stereocenters. The highest BCUT2D eigenvalue weighted by Gasteiger charge is 2.30. The van der Waals surface area contributed by atoms with Gasteiger partial charge in [-0.15, -0.1) is 0 Å². The SMILES string of the molecule is FC(F)(F)c1ccc2c(c1)CCC=N2. The zero-order valence-electron chi connectivity index (χ0n) is 7.30. The number of alkyl halides is 3. The minimum absolute atomic E-state index is 0.589. The molecule has 4 heteroatoms. The van der Waals surface area contributed by atoms with E-state index in [1.807, 2.05) is 0 Å². The molecule has 0 N–H and O–H groups in total. The quantitative estimate of drug-likeness (QED) is 0.607.